The minimum absolute atomic E-state index is 0.0433. The third-order valence-corrected chi connectivity index (χ3v) is 5.87. The quantitative estimate of drug-likeness (QED) is 0.157. The summed E-state index contributed by atoms with van der Waals surface area (Å²) < 4.78 is 11.6. The molecule has 0 amide bonds. The minimum Gasteiger partial charge on any atom is -0.509 e. The fraction of sp³-hybridized carbons (Fsp3) is 0.158. The van der Waals surface area contributed by atoms with E-state index in [0.717, 1.165) is 0 Å². The molecule has 1 aromatic heterocycles. The van der Waals surface area contributed by atoms with Crippen LogP contribution in [0.15, 0.2) is 25.5 Å². The number of hydrogen-bond acceptors (Lipinski definition) is 6. The van der Waals surface area contributed by atoms with E-state index in [-0.39, 0.29) is 44.5 Å². The lowest BCUT2D eigenvalue weighted by Crippen LogP contribution is -2.18. The van der Waals surface area contributed by atoms with E-state index in [1.54, 1.807) is 6.92 Å². The van der Waals surface area contributed by atoms with Gasteiger partial charge in [0, 0.05) is 17.9 Å². The Labute approximate surface area is 199 Å². The van der Waals surface area contributed by atoms with Crippen LogP contribution in [-0.2, 0) is 4.79 Å². The van der Waals surface area contributed by atoms with Gasteiger partial charge in [-0.2, -0.15) is 0 Å². The molecule has 150 valence electrons. The highest BCUT2D eigenvalue weighted by Gasteiger charge is 2.30. The van der Waals surface area contributed by atoms with Crippen LogP contribution in [0.25, 0.3) is 11.0 Å². The van der Waals surface area contributed by atoms with Crippen LogP contribution in [0.2, 0.25) is 0 Å². The first-order chi connectivity index (χ1) is 14.0. The van der Waals surface area contributed by atoms with Crippen molar-refractivity contribution in [2.45, 2.75) is 18.7 Å². The Hall–Kier alpha value is -1.71. The molecule has 4 radical (unpaired) electrons. The summed E-state index contributed by atoms with van der Waals surface area (Å²) in [6.07, 6.45) is 0. The zero-order valence-corrected chi connectivity index (χ0v) is 20.3. The normalized spacial score (nSPS) is 12.2. The first kappa shape index (κ1) is 23.0. The Morgan fingerprint density at radius 1 is 1.10 bits per heavy atom. The summed E-state index contributed by atoms with van der Waals surface area (Å²) in [6, 6.07) is 2.94. The van der Waals surface area contributed by atoms with Crippen LogP contribution in [0.1, 0.15) is 40.4 Å². The van der Waals surface area contributed by atoms with Crippen LogP contribution in [0.4, 0.5) is 0 Å². The molecular weight excluding hydrogens is 586 g/mol. The molecule has 11 heteroatoms. The molecule has 0 spiro atoms. The van der Waals surface area contributed by atoms with Gasteiger partial charge in [0.25, 0.3) is 0 Å². The van der Waals surface area contributed by atoms with Crippen LogP contribution in [0.5, 0.6) is 17.2 Å². The van der Waals surface area contributed by atoms with E-state index >= 15 is 0 Å². The molecule has 0 aliphatic rings. The van der Waals surface area contributed by atoms with Gasteiger partial charge in [0.05, 0.1) is 19.3 Å². The van der Waals surface area contributed by atoms with Gasteiger partial charge in [0.1, 0.15) is 27.2 Å². The van der Waals surface area contributed by atoms with Gasteiger partial charge in [-0.05, 0) is 61.8 Å². The molecule has 2 aromatic carbocycles. The van der Waals surface area contributed by atoms with Gasteiger partial charge < -0.3 is 19.4 Å². The largest absolute Gasteiger partial charge is 0.509 e. The topological polar surface area (TPSA) is 97.0 Å². The number of esters is 1. The van der Waals surface area contributed by atoms with Crippen molar-refractivity contribution in [3.05, 3.63) is 38.0 Å². The second-order valence-electron chi connectivity index (χ2n) is 6.38. The third-order valence-electron chi connectivity index (χ3n) is 4.28. The molecule has 0 fully saturated rings. The maximum Gasteiger partial charge on any atom is 0.308 e. The molecule has 1 unspecified atom stereocenters. The van der Waals surface area contributed by atoms with Crippen molar-refractivity contribution in [3.63, 3.8) is 0 Å². The number of carbonyl (C=O) groups excluding carboxylic acids is 2. The van der Waals surface area contributed by atoms with Crippen LogP contribution in [0, 0.1) is 0 Å². The number of fused-ring (bicyclic) bond motifs is 1. The van der Waals surface area contributed by atoms with E-state index in [1.807, 2.05) is 0 Å². The van der Waals surface area contributed by atoms with Crippen molar-refractivity contribution in [3.8, 4) is 17.2 Å². The number of hydrogen-bond donors (Lipinski definition) is 2. The van der Waals surface area contributed by atoms with Crippen molar-refractivity contribution in [1.29, 1.82) is 0 Å². The summed E-state index contributed by atoms with van der Waals surface area (Å²) in [4.78, 5) is 24.3. The number of ether oxygens (including phenoxy) is 1. The number of benzene rings is 2. The highest BCUT2D eigenvalue weighted by Crippen LogP contribution is 2.40. The second kappa shape index (κ2) is 8.43. The summed E-state index contributed by atoms with van der Waals surface area (Å²) in [5.41, 5.74) is -0.394. The molecule has 0 aliphatic carbocycles. The molecule has 1 heterocycles. The lowest BCUT2D eigenvalue weighted by molar-refractivity contribution is -0.131. The first-order valence-electron chi connectivity index (χ1n) is 8.37. The molecule has 0 bridgehead atoms. The predicted molar refractivity (Wildman–Crippen MR) is 124 cm³/mol. The Morgan fingerprint density at radius 3 is 2.17 bits per heavy atom. The Balaban J connectivity index is 2.30. The summed E-state index contributed by atoms with van der Waals surface area (Å²) in [7, 11) is 11.7. The smallest absolute Gasteiger partial charge is 0.308 e. The maximum atomic E-state index is 13.5. The average Bonchev–Trinajstić information content (AvgIpc) is 3.07. The van der Waals surface area contributed by atoms with Gasteiger partial charge in [-0.1, -0.05) is 15.9 Å². The number of rotatable bonds is 4. The van der Waals surface area contributed by atoms with E-state index < -0.39 is 28.1 Å². The molecular formula is C19H11B2Br3O6. The summed E-state index contributed by atoms with van der Waals surface area (Å²) in [5, 5.41) is 20.5. The molecule has 2 N–H and O–H groups in total. The van der Waals surface area contributed by atoms with Crippen molar-refractivity contribution < 1.29 is 29.0 Å². The molecule has 1 atom stereocenters. The van der Waals surface area contributed by atoms with Gasteiger partial charge in [-0.3, -0.25) is 9.59 Å². The van der Waals surface area contributed by atoms with E-state index in [2.05, 4.69) is 47.8 Å². The highest BCUT2D eigenvalue weighted by atomic mass is 79.9. The summed E-state index contributed by atoms with van der Waals surface area (Å²) in [6.45, 7) is 2.98. The molecule has 0 saturated carbocycles. The number of phenolic OH excluding ortho intramolecular Hbond substituents is 2. The third kappa shape index (κ3) is 3.83. The fourth-order valence-electron chi connectivity index (χ4n) is 2.95. The number of aromatic hydroxyl groups is 2. The average molecular weight is 597 g/mol. The van der Waals surface area contributed by atoms with Crippen molar-refractivity contribution in [2.24, 2.45) is 0 Å². The number of ketones is 1. The Morgan fingerprint density at radius 2 is 1.67 bits per heavy atom. The molecule has 3 rings (SSSR count). The molecule has 3 aromatic rings. The van der Waals surface area contributed by atoms with Crippen molar-refractivity contribution >= 4 is 97.1 Å². The Kier molecular flexibility index (Phi) is 6.46. The predicted octanol–water partition coefficient (Wildman–Crippen LogP) is 3.57. The van der Waals surface area contributed by atoms with Gasteiger partial charge in [-0.25, -0.2) is 0 Å². The van der Waals surface area contributed by atoms with E-state index in [4.69, 9.17) is 24.8 Å². The lowest BCUT2D eigenvalue weighted by Gasteiger charge is -2.11. The summed E-state index contributed by atoms with van der Waals surface area (Å²) >= 11 is 9.95. The number of halogens is 3. The van der Waals surface area contributed by atoms with Crippen LogP contribution < -0.4 is 15.7 Å². The molecule has 0 aliphatic heterocycles. The fourth-order valence-corrected chi connectivity index (χ4v) is 4.62. The van der Waals surface area contributed by atoms with E-state index in [9.17, 15) is 19.8 Å². The number of carbonyl (C=O) groups is 2. The molecule has 0 saturated heterocycles. The second-order valence-corrected chi connectivity index (χ2v) is 9.46. The van der Waals surface area contributed by atoms with Gasteiger partial charge >= 0.3 is 5.97 Å². The van der Waals surface area contributed by atoms with Crippen molar-refractivity contribution in [2.75, 3.05) is 0 Å². The van der Waals surface area contributed by atoms with Crippen LogP contribution in [-0.4, -0.2) is 37.7 Å². The van der Waals surface area contributed by atoms with Gasteiger partial charge in [0.2, 0.25) is 0 Å². The molecule has 6 nitrogen and oxygen atoms in total. The minimum atomic E-state index is -0.545. The number of phenols is 2. The standard InChI is InChI=1S/C19H11B2Br3O6/c1-5(22)17-11(10-12(20)15(27)13(21)16(28)19(10)30-17)14(26)7-3-8(23)18(9(24)4-7)29-6(2)25/h3-5,27-28H,1-2H3. The van der Waals surface area contributed by atoms with Crippen LogP contribution >= 0.6 is 47.8 Å². The number of alkyl halides is 1. The summed E-state index contributed by atoms with van der Waals surface area (Å²) in [5.74, 6) is -1.68. The van der Waals surface area contributed by atoms with Crippen molar-refractivity contribution in [1.82, 2.24) is 0 Å². The zero-order chi connectivity index (χ0) is 22.5. The van der Waals surface area contributed by atoms with E-state index in [1.165, 1.54) is 19.1 Å². The lowest BCUT2D eigenvalue weighted by atomic mass is 9.80. The highest BCUT2D eigenvalue weighted by molar-refractivity contribution is 9.11. The molecule has 30 heavy (non-hydrogen) atoms. The maximum absolute atomic E-state index is 13.5. The Bertz CT molecular complexity index is 1200. The van der Waals surface area contributed by atoms with E-state index in [0.29, 0.717) is 8.95 Å². The van der Waals surface area contributed by atoms with Gasteiger partial charge in [0.15, 0.2) is 22.9 Å². The van der Waals surface area contributed by atoms with Gasteiger partial charge in [-0.15, -0.1) is 0 Å². The van der Waals surface area contributed by atoms with Crippen LogP contribution in [0.3, 0.4) is 0 Å². The first-order valence-corrected chi connectivity index (χ1v) is 10.9. The number of furan rings is 1. The zero-order valence-electron chi connectivity index (χ0n) is 15.5. The monoisotopic (exact) mass is 594 g/mol. The SMILES string of the molecule is [B]c1c(O)c([B])c2c(C(=O)c3cc(Br)c(OC(C)=O)c(Br)c3)c(C(C)Br)oc2c1O.